The van der Waals surface area contributed by atoms with Crippen LogP contribution in [0, 0.1) is 0 Å². The van der Waals surface area contributed by atoms with Gasteiger partial charge in [-0.2, -0.15) is 0 Å². The van der Waals surface area contributed by atoms with Crippen LogP contribution in [0.2, 0.25) is 0 Å². The zero-order valence-electron chi connectivity index (χ0n) is 8.55. The third kappa shape index (κ3) is 4.30. The monoisotopic (exact) mass is 184 g/mol. The van der Waals surface area contributed by atoms with Crippen molar-refractivity contribution >= 4 is 5.97 Å². The molecule has 0 atom stereocenters. The van der Waals surface area contributed by atoms with E-state index in [0.717, 1.165) is 19.3 Å². The van der Waals surface area contributed by atoms with Crippen molar-refractivity contribution in [1.29, 1.82) is 0 Å². The molecule has 0 N–H and O–H groups in total. The predicted molar refractivity (Wildman–Crippen MR) is 52.5 cm³/mol. The highest BCUT2D eigenvalue weighted by Gasteiger charge is 2.15. The van der Waals surface area contributed by atoms with Gasteiger partial charge >= 0.3 is 5.97 Å². The first-order valence-electron chi connectivity index (χ1n) is 5.52. The molecule has 0 spiro atoms. The van der Waals surface area contributed by atoms with E-state index in [0.29, 0.717) is 6.42 Å². The summed E-state index contributed by atoms with van der Waals surface area (Å²) in [6.45, 7) is 2.01. The predicted octanol–water partition coefficient (Wildman–Crippen LogP) is 3.05. The molecule has 0 aromatic carbocycles. The second kappa shape index (κ2) is 6.01. The lowest BCUT2D eigenvalue weighted by molar-refractivity contribution is -0.149. The number of esters is 1. The van der Waals surface area contributed by atoms with Gasteiger partial charge < -0.3 is 4.74 Å². The van der Waals surface area contributed by atoms with Crippen LogP contribution in [-0.2, 0) is 9.53 Å². The van der Waals surface area contributed by atoms with Gasteiger partial charge in [-0.1, -0.05) is 19.8 Å². The van der Waals surface area contributed by atoms with Crippen LogP contribution in [0.3, 0.4) is 0 Å². The number of carbonyl (C=O) groups excluding carboxylic acids is 1. The second-order valence-electron chi connectivity index (χ2n) is 3.85. The van der Waals surface area contributed by atoms with Gasteiger partial charge in [0.2, 0.25) is 0 Å². The minimum Gasteiger partial charge on any atom is -0.462 e. The first-order valence-corrected chi connectivity index (χ1v) is 5.52. The Morgan fingerprint density at radius 3 is 2.38 bits per heavy atom. The summed E-state index contributed by atoms with van der Waals surface area (Å²) in [5, 5.41) is 0. The van der Waals surface area contributed by atoms with E-state index in [1.165, 1.54) is 25.7 Å². The molecule has 1 fully saturated rings. The lowest BCUT2D eigenvalue weighted by Gasteiger charge is -2.14. The molecule has 0 unspecified atom stereocenters. The third-order valence-corrected chi connectivity index (χ3v) is 2.55. The SMILES string of the molecule is CCCC(=O)OC1CCCCCC1. The van der Waals surface area contributed by atoms with E-state index < -0.39 is 0 Å². The third-order valence-electron chi connectivity index (χ3n) is 2.55. The number of ether oxygens (including phenoxy) is 1. The summed E-state index contributed by atoms with van der Waals surface area (Å²) in [5.41, 5.74) is 0. The van der Waals surface area contributed by atoms with Crippen LogP contribution in [0.1, 0.15) is 58.3 Å². The molecular weight excluding hydrogens is 164 g/mol. The van der Waals surface area contributed by atoms with Crippen molar-refractivity contribution in [3.63, 3.8) is 0 Å². The molecule has 0 heterocycles. The Bertz CT molecular complexity index is 146. The summed E-state index contributed by atoms with van der Waals surface area (Å²) in [5.74, 6) is -0.00519. The van der Waals surface area contributed by atoms with Gasteiger partial charge in [0, 0.05) is 6.42 Å². The largest absolute Gasteiger partial charge is 0.462 e. The van der Waals surface area contributed by atoms with Crippen LogP contribution in [-0.4, -0.2) is 12.1 Å². The van der Waals surface area contributed by atoms with Crippen molar-refractivity contribution in [3.8, 4) is 0 Å². The molecule has 1 aliphatic rings. The number of hydrogen-bond acceptors (Lipinski definition) is 2. The van der Waals surface area contributed by atoms with Gasteiger partial charge in [-0.25, -0.2) is 0 Å². The first kappa shape index (κ1) is 10.6. The Labute approximate surface area is 80.7 Å². The van der Waals surface area contributed by atoms with Crippen molar-refractivity contribution in [1.82, 2.24) is 0 Å². The van der Waals surface area contributed by atoms with E-state index >= 15 is 0 Å². The van der Waals surface area contributed by atoms with E-state index in [-0.39, 0.29) is 12.1 Å². The van der Waals surface area contributed by atoms with Crippen LogP contribution < -0.4 is 0 Å². The molecule has 0 radical (unpaired) electrons. The molecule has 1 saturated carbocycles. The molecule has 2 nitrogen and oxygen atoms in total. The average molecular weight is 184 g/mol. The topological polar surface area (TPSA) is 26.3 Å². The Hall–Kier alpha value is -0.530. The van der Waals surface area contributed by atoms with Crippen molar-refractivity contribution in [3.05, 3.63) is 0 Å². The fourth-order valence-electron chi connectivity index (χ4n) is 1.81. The lowest BCUT2D eigenvalue weighted by Crippen LogP contribution is -2.16. The zero-order valence-corrected chi connectivity index (χ0v) is 8.55. The van der Waals surface area contributed by atoms with Crippen LogP contribution in [0.4, 0.5) is 0 Å². The molecule has 0 aliphatic heterocycles. The maximum atomic E-state index is 11.2. The minimum absolute atomic E-state index is 0.00519. The van der Waals surface area contributed by atoms with Gasteiger partial charge in [0.15, 0.2) is 0 Å². The summed E-state index contributed by atoms with van der Waals surface area (Å²) in [4.78, 5) is 11.2. The maximum Gasteiger partial charge on any atom is 0.306 e. The number of rotatable bonds is 3. The van der Waals surface area contributed by atoms with Gasteiger partial charge in [-0.05, 0) is 32.1 Å². The molecular formula is C11H20O2. The van der Waals surface area contributed by atoms with E-state index in [4.69, 9.17) is 4.74 Å². The van der Waals surface area contributed by atoms with Gasteiger partial charge in [0.1, 0.15) is 6.10 Å². The normalized spacial score (nSPS) is 19.5. The van der Waals surface area contributed by atoms with Crippen LogP contribution in [0.15, 0.2) is 0 Å². The van der Waals surface area contributed by atoms with Gasteiger partial charge in [-0.3, -0.25) is 4.79 Å². The Morgan fingerprint density at radius 2 is 1.85 bits per heavy atom. The summed E-state index contributed by atoms with van der Waals surface area (Å²) in [6.07, 6.45) is 8.92. The molecule has 13 heavy (non-hydrogen) atoms. The summed E-state index contributed by atoms with van der Waals surface area (Å²) in [7, 11) is 0. The van der Waals surface area contributed by atoms with Gasteiger partial charge in [0.25, 0.3) is 0 Å². The minimum atomic E-state index is -0.00519. The highest BCUT2D eigenvalue weighted by atomic mass is 16.5. The quantitative estimate of drug-likeness (QED) is 0.497. The smallest absolute Gasteiger partial charge is 0.306 e. The van der Waals surface area contributed by atoms with E-state index in [9.17, 15) is 4.79 Å². The lowest BCUT2D eigenvalue weighted by atomic mass is 10.1. The molecule has 1 aliphatic carbocycles. The van der Waals surface area contributed by atoms with Crippen LogP contribution >= 0.6 is 0 Å². The molecule has 2 heteroatoms. The molecule has 0 bridgehead atoms. The zero-order chi connectivity index (χ0) is 9.52. The van der Waals surface area contributed by atoms with Crippen molar-refractivity contribution in [2.75, 3.05) is 0 Å². The van der Waals surface area contributed by atoms with Gasteiger partial charge in [0.05, 0.1) is 0 Å². The van der Waals surface area contributed by atoms with E-state index in [1.54, 1.807) is 0 Å². The Kier molecular flexibility index (Phi) is 4.87. The maximum absolute atomic E-state index is 11.2. The van der Waals surface area contributed by atoms with E-state index in [1.807, 2.05) is 6.92 Å². The van der Waals surface area contributed by atoms with E-state index in [2.05, 4.69) is 0 Å². The van der Waals surface area contributed by atoms with Gasteiger partial charge in [-0.15, -0.1) is 0 Å². The molecule has 0 aromatic rings. The molecule has 0 aromatic heterocycles. The molecule has 0 saturated heterocycles. The fourth-order valence-corrected chi connectivity index (χ4v) is 1.81. The number of hydrogen-bond donors (Lipinski definition) is 0. The Morgan fingerprint density at radius 1 is 1.23 bits per heavy atom. The summed E-state index contributed by atoms with van der Waals surface area (Å²) < 4.78 is 5.37. The fraction of sp³-hybridized carbons (Fsp3) is 0.909. The Balaban J connectivity index is 2.21. The molecule has 0 amide bonds. The summed E-state index contributed by atoms with van der Waals surface area (Å²) >= 11 is 0. The second-order valence-corrected chi connectivity index (χ2v) is 3.85. The highest BCUT2D eigenvalue weighted by Crippen LogP contribution is 2.20. The first-order chi connectivity index (χ1) is 6.33. The number of carbonyl (C=O) groups is 1. The standard InChI is InChI=1S/C11H20O2/c1-2-7-11(12)13-10-8-5-3-4-6-9-10/h10H,2-9H2,1H3. The molecule has 76 valence electrons. The van der Waals surface area contributed by atoms with Crippen molar-refractivity contribution in [2.24, 2.45) is 0 Å². The highest BCUT2D eigenvalue weighted by molar-refractivity contribution is 5.69. The van der Waals surface area contributed by atoms with Crippen LogP contribution in [0.5, 0.6) is 0 Å². The van der Waals surface area contributed by atoms with Crippen molar-refractivity contribution in [2.45, 2.75) is 64.4 Å². The average Bonchev–Trinajstić information content (AvgIpc) is 2.33. The van der Waals surface area contributed by atoms with Crippen molar-refractivity contribution < 1.29 is 9.53 Å². The van der Waals surface area contributed by atoms with Crippen LogP contribution in [0.25, 0.3) is 0 Å². The molecule has 1 rings (SSSR count). The summed E-state index contributed by atoms with van der Waals surface area (Å²) in [6, 6.07) is 0.